The molecule has 3 nitrogen and oxygen atoms in total. The summed E-state index contributed by atoms with van der Waals surface area (Å²) in [6.07, 6.45) is -5.65. The van der Waals surface area contributed by atoms with Crippen LogP contribution in [0.3, 0.4) is 0 Å². The van der Waals surface area contributed by atoms with Gasteiger partial charge in [0.2, 0.25) is 5.91 Å². The molecule has 0 aliphatic carbocycles. The number of Topliss-reactive ketones (excluding diaryl/α,β-unsaturated/α-hetero) is 1. The van der Waals surface area contributed by atoms with Crippen LogP contribution < -0.4 is 5.73 Å². The molecular weight excluding hydrogens is 235 g/mol. The van der Waals surface area contributed by atoms with Crippen LogP contribution in [0, 0.1) is 0 Å². The topological polar surface area (TPSA) is 60.2 Å². The number of carbonyl (C=O) groups excluding carboxylic acids is 2. The van der Waals surface area contributed by atoms with Crippen molar-refractivity contribution in [2.45, 2.75) is 18.5 Å². The molecule has 1 aromatic carbocycles. The van der Waals surface area contributed by atoms with Gasteiger partial charge in [-0.05, 0) is 5.56 Å². The van der Waals surface area contributed by atoms with E-state index in [4.69, 9.17) is 5.73 Å². The summed E-state index contributed by atoms with van der Waals surface area (Å²) >= 11 is 0. The highest BCUT2D eigenvalue weighted by molar-refractivity contribution is 6.01. The zero-order valence-corrected chi connectivity index (χ0v) is 8.70. The summed E-state index contributed by atoms with van der Waals surface area (Å²) < 4.78 is 38.2. The summed E-state index contributed by atoms with van der Waals surface area (Å²) in [5.41, 5.74) is 4.54. The van der Waals surface area contributed by atoms with Crippen LogP contribution in [-0.2, 0) is 9.59 Å². The van der Waals surface area contributed by atoms with Gasteiger partial charge in [0, 0.05) is 0 Å². The largest absolute Gasteiger partial charge is 0.402 e. The maximum absolute atomic E-state index is 12.7. The molecule has 92 valence electrons. The van der Waals surface area contributed by atoms with E-state index in [2.05, 4.69) is 0 Å². The van der Waals surface area contributed by atoms with Crippen LogP contribution in [0.1, 0.15) is 17.9 Å². The van der Waals surface area contributed by atoms with Crippen molar-refractivity contribution in [1.82, 2.24) is 0 Å². The van der Waals surface area contributed by atoms with Crippen LogP contribution >= 0.6 is 0 Å². The Bertz CT molecular complexity index is 414. The van der Waals surface area contributed by atoms with E-state index in [1.165, 1.54) is 30.3 Å². The normalized spacial score (nSPS) is 13.1. The fourth-order valence-corrected chi connectivity index (χ4v) is 1.48. The Morgan fingerprint density at radius 3 is 2.12 bits per heavy atom. The lowest BCUT2D eigenvalue weighted by Crippen LogP contribution is -2.31. The quantitative estimate of drug-likeness (QED) is 0.822. The second-order valence-electron chi connectivity index (χ2n) is 3.49. The van der Waals surface area contributed by atoms with E-state index in [-0.39, 0.29) is 5.56 Å². The summed E-state index contributed by atoms with van der Waals surface area (Å²) in [6, 6.07) is 6.71. The molecule has 1 aromatic rings. The van der Waals surface area contributed by atoms with Crippen molar-refractivity contribution in [3.8, 4) is 0 Å². The number of nitrogens with two attached hydrogens (primary N) is 1. The van der Waals surface area contributed by atoms with E-state index in [1.54, 1.807) is 0 Å². The summed E-state index contributed by atoms with van der Waals surface area (Å²) in [5.74, 6) is -4.60. The summed E-state index contributed by atoms with van der Waals surface area (Å²) in [4.78, 5) is 21.9. The highest BCUT2D eigenvalue weighted by Gasteiger charge is 2.45. The first-order valence-corrected chi connectivity index (χ1v) is 4.75. The first kappa shape index (κ1) is 13.2. The van der Waals surface area contributed by atoms with Crippen molar-refractivity contribution in [1.29, 1.82) is 0 Å². The molecule has 1 atom stereocenters. The lowest BCUT2D eigenvalue weighted by molar-refractivity contribution is -0.163. The molecule has 1 unspecified atom stereocenters. The summed E-state index contributed by atoms with van der Waals surface area (Å²) in [6.45, 7) is 0. The third-order valence-corrected chi connectivity index (χ3v) is 2.13. The maximum atomic E-state index is 12.7. The molecule has 0 aliphatic rings. The number of hydrogen-bond donors (Lipinski definition) is 1. The standard InChI is InChI=1S/C11H10F3NO2/c12-11(13,14)10(8(16)6-9(15)17)7-4-2-1-3-5-7/h1-5,10H,6H2,(H2,15,17). The van der Waals surface area contributed by atoms with Gasteiger partial charge in [0.05, 0.1) is 6.42 Å². The molecule has 0 aromatic heterocycles. The Morgan fingerprint density at radius 2 is 1.71 bits per heavy atom. The van der Waals surface area contributed by atoms with Gasteiger partial charge in [-0.2, -0.15) is 13.2 Å². The van der Waals surface area contributed by atoms with Crippen molar-refractivity contribution in [2.75, 3.05) is 0 Å². The van der Waals surface area contributed by atoms with Crippen LogP contribution in [-0.4, -0.2) is 17.9 Å². The smallest absolute Gasteiger partial charge is 0.369 e. The van der Waals surface area contributed by atoms with Gasteiger partial charge < -0.3 is 5.73 Å². The number of benzene rings is 1. The van der Waals surface area contributed by atoms with E-state index in [9.17, 15) is 22.8 Å². The molecule has 2 N–H and O–H groups in total. The van der Waals surface area contributed by atoms with Crippen molar-refractivity contribution < 1.29 is 22.8 Å². The Balaban J connectivity index is 3.06. The van der Waals surface area contributed by atoms with E-state index >= 15 is 0 Å². The summed E-state index contributed by atoms with van der Waals surface area (Å²) in [5, 5.41) is 0. The highest BCUT2D eigenvalue weighted by atomic mass is 19.4. The minimum atomic E-state index is -4.73. The molecule has 0 spiro atoms. The lowest BCUT2D eigenvalue weighted by Gasteiger charge is -2.18. The van der Waals surface area contributed by atoms with Gasteiger partial charge in [-0.1, -0.05) is 30.3 Å². The molecule has 0 bridgehead atoms. The van der Waals surface area contributed by atoms with Crippen molar-refractivity contribution in [3.05, 3.63) is 35.9 Å². The Hall–Kier alpha value is -1.85. The molecule has 0 fully saturated rings. The highest BCUT2D eigenvalue weighted by Crippen LogP contribution is 2.36. The lowest BCUT2D eigenvalue weighted by atomic mass is 9.92. The van der Waals surface area contributed by atoms with Gasteiger partial charge in [-0.15, -0.1) is 0 Å². The molecule has 17 heavy (non-hydrogen) atoms. The Kier molecular flexibility index (Phi) is 3.88. The Labute approximate surface area is 95.4 Å². The third kappa shape index (κ3) is 3.58. The molecular formula is C11H10F3NO2. The van der Waals surface area contributed by atoms with Gasteiger partial charge in [0.25, 0.3) is 0 Å². The number of halogens is 3. The number of alkyl halides is 3. The SMILES string of the molecule is NC(=O)CC(=O)C(c1ccccc1)C(F)(F)F. The van der Waals surface area contributed by atoms with Gasteiger partial charge in [0.15, 0.2) is 5.78 Å². The van der Waals surface area contributed by atoms with E-state index < -0.39 is 30.2 Å². The predicted molar refractivity (Wildman–Crippen MR) is 54.1 cm³/mol. The second kappa shape index (κ2) is 4.99. The first-order valence-electron chi connectivity index (χ1n) is 4.75. The van der Waals surface area contributed by atoms with Gasteiger partial charge >= 0.3 is 6.18 Å². The van der Waals surface area contributed by atoms with Crippen LogP contribution in [0.25, 0.3) is 0 Å². The number of hydrogen-bond acceptors (Lipinski definition) is 2. The fourth-order valence-electron chi connectivity index (χ4n) is 1.48. The second-order valence-corrected chi connectivity index (χ2v) is 3.49. The fraction of sp³-hybridized carbons (Fsp3) is 0.273. The molecule has 0 radical (unpaired) electrons. The number of amides is 1. The van der Waals surface area contributed by atoms with Crippen LogP contribution in [0.15, 0.2) is 30.3 Å². The molecule has 0 saturated carbocycles. The maximum Gasteiger partial charge on any atom is 0.402 e. The average Bonchev–Trinajstić information content (AvgIpc) is 2.15. The molecule has 0 saturated heterocycles. The van der Waals surface area contributed by atoms with Crippen molar-refractivity contribution in [2.24, 2.45) is 5.73 Å². The third-order valence-electron chi connectivity index (χ3n) is 2.13. The van der Waals surface area contributed by atoms with Crippen LogP contribution in [0.5, 0.6) is 0 Å². The van der Waals surface area contributed by atoms with Crippen molar-refractivity contribution in [3.63, 3.8) is 0 Å². The first-order chi connectivity index (χ1) is 7.82. The molecule has 0 aliphatic heterocycles. The van der Waals surface area contributed by atoms with E-state index in [0.29, 0.717) is 0 Å². The average molecular weight is 245 g/mol. The molecule has 1 amide bonds. The van der Waals surface area contributed by atoms with Gasteiger partial charge in [-0.3, -0.25) is 9.59 Å². The zero-order chi connectivity index (χ0) is 13.1. The number of carbonyl (C=O) groups is 2. The van der Waals surface area contributed by atoms with Crippen LogP contribution in [0.2, 0.25) is 0 Å². The van der Waals surface area contributed by atoms with E-state index in [0.717, 1.165) is 0 Å². The minimum Gasteiger partial charge on any atom is -0.369 e. The van der Waals surface area contributed by atoms with Crippen molar-refractivity contribution >= 4 is 11.7 Å². The molecule has 1 rings (SSSR count). The zero-order valence-electron chi connectivity index (χ0n) is 8.70. The number of ketones is 1. The van der Waals surface area contributed by atoms with Crippen LogP contribution in [0.4, 0.5) is 13.2 Å². The van der Waals surface area contributed by atoms with Gasteiger partial charge in [0.1, 0.15) is 5.92 Å². The van der Waals surface area contributed by atoms with E-state index in [1.807, 2.05) is 0 Å². The number of primary amides is 1. The number of rotatable bonds is 4. The van der Waals surface area contributed by atoms with Gasteiger partial charge in [-0.25, -0.2) is 0 Å². The monoisotopic (exact) mass is 245 g/mol. The minimum absolute atomic E-state index is 0.189. The Morgan fingerprint density at radius 1 is 1.18 bits per heavy atom. The summed E-state index contributed by atoms with van der Waals surface area (Å²) in [7, 11) is 0. The molecule has 6 heteroatoms. The molecule has 0 heterocycles. The predicted octanol–water partition coefficient (Wildman–Crippen LogP) is 1.78.